The summed E-state index contributed by atoms with van der Waals surface area (Å²) in [4.78, 5) is 24.4. The summed E-state index contributed by atoms with van der Waals surface area (Å²) in [5.41, 5.74) is 2.17. The number of nitrogens with zero attached hydrogens (tertiary/aromatic N) is 1. The van der Waals surface area contributed by atoms with Crippen LogP contribution >= 0.6 is 69.6 Å². The first kappa shape index (κ1) is 20.1. The maximum Gasteiger partial charge on any atom is 0.240 e. The topological polar surface area (TPSA) is 37.4 Å². The summed E-state index contributed by atoms with van der Waals surface area (Å²) in [5, 5.41) is -0.175. The molecule has 4 unspecified atom stereocenters. The van der Waals surface area contributed by atoms with Crippen molar-refractivity contribution in [1.29, 1.82) is 0 Å². The molecule has 3 aliphatic rings. The van der Waals surface area contributed by atoms with Gasteiger partial charge >= 0.3 is 0 Å². The molecule has 1 aliphatic heterocycles. The number of imide groups is 1. The number of allylic oxidation sites excluding steroid dienone is 2. The van der Waals surface area contributed by atoms with Gasteiger partial charge in [0.2, 0.25) is 11.8 Å². The summed E-state index contributed by atoms with van der Waals surface area (Å²) < 4.78 is -1.91. The molecule has 4 rings (SSSR count). The Balaban J connectivity index is 1.95. The summed E-state index contributed by atoms with van der Waals surface area (Å²) in [5.74, 6) is -3.28. The molecule has 2 amide bonds. The van der Waals surface area contributed by atoms with Gasteiger partial charge in [0.1, 0.15) is 9.75 Å². The molecule has 4 atom stereocenters. The van der Waals surface area contributed by atoms with Gasteiger partial charge in [0.05, 0.1) is 27.6 Å². The first-order valence-electron chi connectivity index (χ1n) is 8.26. The molecule has 0 radical (unpaired) electrons. The van der Waals surface area contributed by atoms with E-state index in [2.05, 4.69) is 0 Å². The quantitative estimate of drug-likeness (QED) is 0.407. The second kappa shape index (κ2) is 5.93. The minimum absolute atomic E-state index is 0.0874. The highest BCUT2D eigenvalue weighted by atomic mass is 35.5. The molecule has 1 saturated carbocycles. The number of benzene rings is 1. The number of carbonyl (C=O) groups is 2. The maximum absolute atomic E-state index is 13.4. The Kier molecular flexibility index (Phi) is 4.42. The Morgan fingerprint density at radius 1 is 0.963 bits per heavy atom. The minimum atomic E-state index is -1.91. The van der Waals surface area contributed by atoms with Gasteiger partial charge in [-0.15, -0.1) is 23.2 Å². The highest BCUT2D eigenvalue weighted by Gasteiger charge is 2.87. The molecule has 0 N–H and O–H groups in total. The second-order valence-corrected chi connectivity index (χ2v) is 10.3. The highest BCUT2D eigenvalue weighted by Crippen LogP contribution is 2.77. The van der Waals surface area contributed by atoms with Crippen molar-refractivity contribution in [3.8, 4) is 0 Å². The van der Waals surface area contributed by atoms with Gasteiger partial charge in [0.15, 0.2) is 4.33 Å². The number of halogens is 6. The van der Waals surface area contributed by atoms with Gasteiger partial charge in [-0.2, -0.15) is 0 Å². The summed E-state index contributed by atoms with van der Waals surface area (Å²) in [6.07, 6.45) is 0.635. The van der Waals surface area contributed by atoms with E-state index in [1.165, 1.54) is 0 Å². The van der Waals surface area contributed by atoms with Crippen LogP contribution in [-0.2, 0) is 16.0 Å². The number of para-hydroxylation sites is 1. The van der Waals surface area contributed by atoms with Gasteiger partial charge in [-0.05, 0) is 24.5 Å². The van der Waals surface area contributed by atoms with Gasteiger partial charge in [0, 0.05) is 0 Å². The molecule has 0 aromatic heterocycles. The van der Waals surface area contributed by atoms with Crippen molar-refractivity contribution in [2.75, 3.05) is 4.90 Å². The van der Waals surface area contributed by atoms with E-state index in [0.717, 1.165) is 16.0 Å². The Morgan fingerprint density at radius 3 is 1.89 bits per heavy atom. The zero-order valence-corrected chi connectivity index (χ0v) is 18.7. The summed E-state index contributed by atoms with van der Waals surface area (Å²) in [6, 6.07) is 5.57. The molecule has 3 nitrogen and oxygen atoms in total. The summed E-state index contributed by atoms with van der Waals surface area (Å²) >= 11 is 39.1. The van der Waals surface area contributed by atoms with E-state index in [-0.39, 0.29) is 10.1 Å². The third-order valence-electron chi connectivity index (χ3n) is 5.83. The van der Waals surface area contributed by atoms with E-state index in [4.69, 9.17) is 69.6 Å². The van der Waals surface area contributed by atoms with E-state index >= 15 is 0 Å². The van der Waals surface area contributed by atoms with Gasteiger partial charge in [0.25, 0.3) is 0 Å². The van der Waals surface area contributed by atoms with E-state index in [0.29, 0.717) is 12.1 Å². The summed E-state index contributed by atoms with van der Waals surface area (Å²) in [6.45, 7) is 3.77. The van der Waals surface area contributed by atoms with Crippen molar-refractivity contribution < 1.29 is 9.59 Å². The van der Waals surface area contributed by atoms with Crippen LogP contribution in [0.5, 0.6) is 0 Å². The smallest absolute Gasteiger partial charge is 0.240 e. The lowest BCUT2D eigenvalue weighted by molar-refractivity contribution is -0.123. The predicted molar refractivity (Wildman–Crippen MR) is 110 cm³/mol. The fourth-order valence-corrected chi connectivity index (χ4v) is 7.47. The fraction of sp³-hybridized carbons (Fsp3) is 0.444. The molecule has 0 spiro atoms. The monoisotopic (exact) mass is 485 g/mol. The number of fused-ring (bicyclic) bond motifs is 5. The molecule has 2 fully saturated rings. The van der Waals surface area contributed by atoms with Crippen LogP contribution in [0.25, 0.3) is 0 Å². The lowest BCUT2D eigenvalue weighted by atomic mass is 9.84. The Bertz CT molecular complexity index is 898. The zero-order valence-electron chi connectivity index (χ0n) is 14.1. The van der Waals surface area contributed by atoms with Gasteiger partial charge in [-0.1, -0.05) is 71.5 Å². The number of carbonyl (C=O) groups excluding carboxylic acids is 2. The highest BCUT2D eigenvalue weighted by molar-refractivity contribution is 6.67. The van der Waals surface area contributed by atoms with Crippen molar-refractivity contribution in [2.24, 2.45) is 11.8 Å². The van der Waals surface area contributed by atoms with Crippen LogP contribution in [0.15, 0.2) is 28.3 Å². The van der Waals surface area contributed by atoms with E-state index in [1.807, 2.05) is 32.0 Å². The molecule has 144 valence electrons. The number of hydrogen-bond donors (Lipinski definition) is 0. The molecular weight excluding hydrogens is 475 g/mol. The second-order valence-electron chi connectivity index (χ2n) is 7.03. The first-order valence-corrected chi connectivity index (χ1v) is 10.5. The number of rotatable bonds is 2. The number of alkyl halides is 4. The van der Waals surface area contributed by atoms with E-state index < -0.39 is 37.7 Å². The number of amides is 2. The van der Waals surface area contributed by atoms with Crippen LogP contribution in [0, 0.1) is 18.8 Å². The Labute approximate surface area is 186 Å². The average Bonchev–Trinajstić information content (AvgIpc) is 2.99. The van der Waals surface area contributed by atoms with Crippen molar-refractivity contribution in [2.45, 2.75) is 34.3 Å². The van der Waals surface area contributed by atoms with Crippen LogP contribution in [0.4, 0.5) is 5.69 Å². The maximum atomic E-state index is 13.4. The third kappa shape index (κ3) is 1.99. The van der Waals surface area contributed by atoms with Crippen molar-refractivity contribution in [3.05, 3.63) is 39.4 Å². The SMILES string of the molecule is CCc1cccc(C)c1N1C(=O)C2C(C1=O)C1(Cl)C(Cl)=C(Cl)C2(Cl)C1(Cl)Cl. The molecule has 1 saturated heterocycles. The number of anilines is 1. The Morgan fingerprint density at radius 2 is 1.44 bits per heavy atom. The van der Waals surface area contributed by atoms with Gasteiger partial charge < -0.3 is 0 Å². The van der Waals surface area contributed by atoms with Crippen molar-refractivity contribution >= 4 is 87.1 Å². The van der Waals surface area contributed by atoms with Crippen molar-refractivity contribution in [1.82, 2.24) is 0 Å². The summed E-state index contributed by atoms with van der Waals surface area (Å²) in [7, 11) is 0. The molecule has 1 aromatic rings. The molecule has 27 heavy (non-hydrogen) atoms. The fourth-order valence-electron chi connectivity index (χ4n) is 4.54. The molecular formula is C18H13Cl6NO2. The minimum Gasteiger partial charge on any atom is -0.274 e. The van der Waals surface area contributed by atoms with E-state index in [1.54, 1.807) is 0 Å². The average molecular weight is 488 g/mol. The largest absolute Gasteiger partial charge is 0.274 e. The van der Waals surface area contributed by atoms with Crippen LogP contribution in [0.3, 0.4) is 0 Å². The first-order chi connectivity index (χ1) is 12.5. The lowest BCUT2D eigenvalue weighted by Gasteiger charge is -2.35. The van der Waals surface area contributed by atoms with Crippen LogP contribution < -0.4 is 4.90 Å². The Hall–Kier alpha value is -0.160. The standard InChI is InChI=1S/C18H13Cl6NO2/c1-3-8-6-4-5-7(2)11(8)25-14(26)9-10(15(25)27)17(22)13(20)12(19)16(9,21)18(17,23)24/h4-6,9-10H,3H2,1-2H3. The zero-order chi connectivity index (χ0) is 20.1. The van der Waals surface area contributed by atoms with Gasteiger partial charge in [-0.25, -0.2) is 4.90 Å². The van der Waals surface area contributed by atoms with Gasteiger partial charge in [-0.3, -0.25) is 9.59 Å². The third-order valence-corrected chi connectivity index (χ3v) is 10.1. The lowest BCUT2D eigenvalue weighted by Crippen LogP contribution is -2.50. The van der Waals surface area contributed by atoms with Crippen molar-refractivity contribution in [3.63, 3.8) is 0 Å². The number of hydrogen-bond acceptors (Lipinski definition) is 2. The van der Waals surface area contributed by atoms with Crippen LogP contribution in [0.1, 0.15) is 18.1 Å². The molecule has 9 heteroatoms. The predicted octanol–water partition coefficient (Wildman–Crippen LogP) is 5.51. The molecule has 2 aliphatic carbocycles. The molecule has 2 bridgehead atoms. The van der Waals surface area contributed by atoms with Crippen LogP contribution in [-0.4, -0.2) is 25.9 Å². The molecule has 1 heterocycles. The van der Waals surface area contributed by atoms with Crippen LogP contribution in [0.2, 0.25) is 0 Å². The normalized spacial score (nSPS) is 36.8. The van der Waals surface area contributed by atoms with E-state index in [9.17, 15) is 9.59 Å². The number of aryl methyl sites for hydroxylation is 2. The molecule has 1 aromatic carbocycles.